The molecule has 17 N–H and O–H groups in total. The molecule has 18 nitrogen and oxygen atoms in total. The van der Waals surface area contributed by atoms with Crippen molar-refractivity contribution < 1.29 is 54.4 Å². The molecule has 3 aliphatic rings. The van der Waals surface area contributed by atoms with Crippen LogP contribution in [-0.2, 0) is 23.7 Å². The van der Waals surface area contributed by atoms with Crippen molar-refractivity contribution in [2.45, 2.75) is 111 Å². The Morgan fingerprint density at radius 2 is 1.67 bits per heavy atom. The van der Waals surface area contributed by atoms with E-state index in [0.29, 0.717) is 12.8 Å². The molecule has 2 heterocycles. The van der Waals surface area contributed by atoms with Gasteiger partial charge in [-0.2, -0.15) is 0 Å². The number of carbonyl (C=O) groups excluding carboxylic acids is 1. The minimum atomic E-state index is -1.58. The van der Waals surface area contributed by atoms with Gasteiger partial charge < -0.3 is 83.6 Å². The number of aliphatic imine (C=N–C) groups is 1. The third-order valence-corrected chi connectivity index (χ3v) is 7.77. The number of amides is 1. The van der Waals surface area contributed by atoms with Crippen molar-refractivity contribution in [1.82, 2.24) is 5.32 Å². The molecule has 14 unspecified atom stereocenters. The first-order chi connectivity index (χ1) is 19.9. The number of hydrogen-bond donors (Lipinski definition) is 12. The number of ether oxygens (including phenoxy) is 4. The highest BCUT2D eigenvalue weighted by Gasteiger charge is 2.51. The minimum Gasteiger partial charge on any atom is -0.394 e. The number of carbonyl (C=O) groups is 1. The van der Waals surface area contributed by atoms with Crippen LogP contribution in [0.25, 0.3) is 0 Å². The van der Waals surface area contributed by atoms with Crippen LogP contribution in [0.4, 0.5) is 0 Å². The van der Waals surface area contributed by atoms with Crippen LogP contribution in [0.5, 0.6) is 0 Å². The Morgan fingerprint density at radius 3 is 2.31 bits per heavy atom. The Balaban J connectivity index is 1.80. The summed E-state index contributed by atoms with van der Waals surface area (Å²) < 4.78 is 23.5. The van der Waals surface area contributed by atoms with E-state index >= 15 is 0 Å². The fourth-order valence-corrected chi connectivity index (χ4v) is 5.25. The average Bonchev–Trinajstić information content (AvgIpc) is 2.97. The third-order valence-electron chi connectivity index (χ3n) is 7.77. The lowest BCUT2D eigenvalue weighted by Gasteiger charge is -2.48. The molecule has 3 rings (SSSR count). The topological polar surface area (TPSA) is 330 Å². The van der Waals surface area contributed by atoms with Crippen LogP contribution in [-0.4, -0.2) is 154 Å². The van der Waals surface area contributed by atoms with E-state index in [2.05, 4.69) is 10.3 Å². The second kappa shape index (κ2) is 15.9. The van der Waals surface area contributed by atoms with Gasteiger partial charge in [0.1, 0.15) is 55.2 Å². The maximum atomic E-state index is 12.7. The van der Waals surface area contributed by atoms with Crippen molar-refractivity contribution in [3.63, 3.8) is 0 Å². The van der Waals surface area contributed by atoms with Gasteiger partial charge in [-0.25, -0.2) is 0 Å². The summed E-state index contributed by atoms with van der Waals surface area (Å²) >= 11 is 0. The van der Waals surface area contributed by atoms with Crippen molar-refractivity contribution in [2.24, 2.45) is 33.7 Å². The zero-order chi connectivity index (χ0) is 31.1. The highest BCUT2D eigenvalue weighted by molar-refractivity contribution is 5.81. The predicted molar refractivity (Wildman–Crippen MR) is 145 cm³/mol. The van der Waals surface area contributed by atoms with E-state index in [1.807, 2.05) is 0 Å². The normalized spacial score (nSPS) is 42.2. The number of rotatable bonds is 12. The quantitative estimate of drug-likeness (QED) is 0.0722. The Kier molecular flexibility index (Phi) is 13.2. The van der Waals surface area contributed by atoms with Crippen molar-refractivity contribution in [2.75, 3.05) is 26.3 Å². The lowest BCUT2D eigenvalue weighted by atomic mass is 9.83. The molecule has 2 saturated heterocycles. The summed E-state index contributed by atoms with van der Waals surface area (Å²) in [5, 5.41) is 63.7. The third kappa shape index (κ3) is 8.51. The zero-order valence-corrected chi connectivity index (χ0v) is 23.3. The fraction of sp³-hybridized carbons (Fsp3) is 0.917. The summed E-state index contributed by atoms with van der Waals surface area (Å²) in [6, 6.07) is -3.74. The number of aliphatic hydroxyl groups excluding tert-OH is 6. The van der Waals surface area contributed by atoms with Gasteiger partial charge in [-0.1, -0.05) is 0 Å². The van der Waals surface area contributed by atoms with Crippen LogP contribution in [0, 0.1) is 0 Å². The van der Waals surface area contributed by atoms with Gasteiger partial charge in [0.15, 0.2) is 12.6 Å². The first-order valence-corrected chi connectivity index (χ1v) is 14.0. The number of nitrogens with zero attached hydrogens (tertiary/aromatic N) is 1. The average molecular weight is 610 g/mol. The molecule has 0 aromatic heterocycles. The van der Waals surface area contributed by atoms with Crippen molar-refractivity contribution in [3.8, 4) is 0 Å². The molecule has 0 radical (unpaired) electrons. The Bertz CT molecular complexity index is 890. The Labute approximate surface area is 243 Å². The van der Waals surface area contributed by atoms with Crippen molar-refractivity contribution in [1.29, 1.82) is 0 Å². The van der Waals surface area contributed by atoms with Crippen LogP contribution in [0.15, 0.2) is 4.99 Å². The van der Waals surface area contributed by atoms with E-state index in [9.17, 15) is 30.3 Å². The molecule has 1 amide bonds. The van der Waals surface area contributed by atoms with Crippen LogP contribution in [0.3, 0.4) is 0 Å². The lowest BCUT2D eigenvalue weighted by Crippen LogP contribution is -2.69. The highest BCUT2D eigenvalue weighted by atomic mass is 16.7. The first kappa shape index (κ1) is 34.9. The van der Waals surface area contributed by atoms with E-state index in [0.717, 1.165) is 0 Å². The number of hydrogen-bond acceptors (Lipinski definition) is 16. The SMILES string of the molecule is NCCC(O)C(=O)NC1CC(N)C(OC2OC(CN=C(N)CO)CCC2N)C(O)C1OC1OC(CO)C(O)C(N)C1O. The molecular formula is C24H47N7O11. The van der Waals surface area contributed by atoms with Gasteiger partial charge in [-0.3, -0.25) is 9.79 Å². The van der Waals surface area contributed by atoms with Gasteiger partial charge >= 0.3 is 0 Å². The predicted octanol–water partition coefficient (Wildman–Crippen LogP) is -7.01. The molecule has 42 heavy (non-hydrogen) atoms. The number of aliphatic hydroxyl groups is 6. The van der Waals surface area contributed by atoms with Crippen LogP contribution < -0.4 is 34.0 Å². The minimum absolute atomic E-state index is 0.0168. The maximum absolute atomic E-state index is 12.7. The summed E-state index contributed by atoms with van der Waals surface area (Å²) in [7, 11) is 0. The van der Waals surface area contributed by atoms with E-state index in [-0.39, 0.29) is 31.8 Å². The zero-order valence-electron chi connectivity index (χ0n) is 23.3. The van der Waals surface area contributed by atoms with E-state index in [1.54, 1.807) is 0 Å². The molecule has 18 heteroatoms. The molecule has 0 aromatic rings. The van der Waals surface area contributed by atoms with Gasteiger partial charge in [-0.05, 0) is 32.2 Å². The molecule has 1 aliphatic carbocycles. The van der Waals surface area contributed by atoms with Gasteiger partial charge in [0, 0.05) is 6.04 Å². The van der Waals surface area contributed by atoms with E-state index in [1.165, 1.54) is 0 Å². The smallest absolute Gasteiger partial charge is 0.249 e. The molecule has 2 aliphatic heterocycles. The van der Waals surface area contributed by atoms with Crippen molar-refractivity contribution >= 4 is 11.7 Å². The lowest BCUT2D eigenvalue weighted by molar-refractivity contribution is -0.314. The van der Waals surface area contributed by atoms with Crippen LogP contribution >= 0.6 is 0 Å². The molecule has 1 saturated carbocycles. The molecule has 14 atom stereocenters. The monoisotopic (exact) mass is 609 g/mol. The Hall–Kier alpha value is -1.62. The molecule has 0 spiro atoms. The first-order valence-electron chi connectivity index (χ1n) is 14.0. The van der Waals surface area contributed by atoms with E-state index in [4.69, 9.17) is 52.7 Å². The second-order valence-electron chi connectivity index (χ2n) is 10.9. The van der Waals surface area contributed by atoms with Crippen LogP contribution in [0.2, 0.25) is 0 Å². The van der Waals surface area contributed by atoms with Crippen LogP contribution in [0.1, 0.15) is 25.7 Å². The molecular weight excluding hydrogens is 562 g/mol. The standard InChI is InChI=1S/C24H47N7O11/c25-4-3-13(34)22(38)31-12-5-11(27)20(41-23-10(26)2-1-9(39-23)6-30-15(28)8-33)19(37)21(12)42-24-18(36)16(29)17(35)14(7-32)40-24/h9-14,16-21,23-24,32-37H,1-8,25-27,29H2,(H2,28,30)(H,31,38). The van der Waals surface area contributed by atoms with Gasteiger partial charge in [0.2, 0.25) is 5.91 Å². The summed E-state index contributed by atoms with van der Waals surface area (Å²) in [6.07, 6.45) is -11.6. The fourth-order valence-electron chi connectivity index (χ4n) is 5.25. The maximum Gasteiger partial charge on any atom is 0.249 e. The molecule has 3 fully saturated rings. The van der Waals surface area contributed by atoms with Gasteiger partial charge in [0.05, 0.1) is 37.4 Å². The number of nitrogens with two attached hydrogens (primary N) is 5. The summed E-state index contributed by atoms with van der Waals surface area (Å²) in [6.45, 7) is -0.844. The molecule has 244 valence electrons. The number of nitrogens with one attached hydrogen (secondary N) is 1. The molecule has 0 aromatic carbocycles. The number of amidine groups is 1. The highest BCUT2D eigenvalue weighted by Crippen LogP contribution is 2.31. The summed E-state index contributed by atoms with van der Waals surface area (Å²) in [5.41, 5.74) is 29.5. The summed E-state index contributed by atoms with van der Waals surface area (Å²) in [4.78, 5) is 16.7. The van der Waals surface area contributed by atoms with Gasteiger partial charge in [-0.15, -0.1) is 0 Å². The largest absolute Gasteiger partial charge is 0.394 e. The second-order valence-corrected chi connectivity index (χ2v) is 10.9. The Morgan fingerprint density at radius 1 is 0.976 bits per heavy atom. The van der Waals surface area contributed by atoms with Crippen molar-refractivity contribution in [3.05, 3.63) is 0 Å². The molecule has 0 bridgehead atoms. The van der Waals surface area contributed by atoms with Gasteiger partial charge in [0.25, 0.3) is 0 Å². The summed E-state index contributed by atoms with van der Waals surface area (Å²) in [5.74, 6) is -0.741. The van der Waals surface area contributed by atoms with E-state index < -0.39 is 105 Å².